The molecule has 0 aliphatic heterocycles. The number of fused-ring (bicyclic) bond motifs is 1. The molecule has 2 N–H and O–H groups in total. The van der Waals surface area contributed by atoms with Gasteiger partial charge in [0.15, 0.2) is 5.65 Å². The van der Waals surface area contributed by atoms with E-state index in [1.165, 1.54) is 25.5 Å². The predicted molar refractivity (Wildman–Crippen MR) is 124 cm³/mol. The maximum Gasteiger partial charge on any atom is 0.280 e. The minimum Gasteiger partial charge on any atom is -0.489 e. The van der Waals surface area contributed by atoms with Crippen LogP contribution in [0.4, 0.5) is 0 Å². The zero-order valence-corrected chi connectivity index (χ0v) is 18.3. The number of hydrogen-bond acceptors (Lipinski definition) is 5. The summed E-state index contributed by atoms with van der Waals surface area (Å²) in [5.74, 6) is 0.523. The van der Waals surface area contributed by atoms with Gasteiger partial charge in [-0.3, -0.25) is 10.0 Å². The number of nitrogens with one attached hydrogen (secondary N) is 1. The normalized spacial score (nSPS) is 14.3. The third-order valence-corrected chi connectivity index (χ3v) is 6.32. The van der Waals surface area contributed by atoms with E-state index in [-0.39, 0.29) is 5.56 Å². The van der Waals surface area contributed by atoms with E-state index in [0.717, 1.165) is 41.0 Å². The fourth-order valence-corrected chi connectivity index (χ4v) is 4.63. The zero-order valence-electron chi connectivity index (χ0n) is 18.3. The summed E-state index contributed by atoms with van der Waals surface area (Å²) in [7, 11) is 0. The van der Waals surface area contributed by atoms with Gasteiger partial charge in [-0.05, 0) is 36.1 Å². The van der Waals surface area contributed by atoms with Crippen LogP contribution < -0.4 is 10.2 Å². The van der Waals surface area contributed by atoms with Crippen LogP contribution >= 0.6 is 0 Å². The Kier molecular flexibility index (Phi) is 6.04. The first-order valence-corrected chi connectivity index (χ1v) is 11.3. The molecule has 1 saturated carbocycles. The number of carbonyl (C=O) groups excluding carboxylic acids is 1. The van der Waals surface area contributed by atoms with Crippen molar-refractivity contribution in [1.29, 1.82) is 0 Å². The lowest BCUT2D eigenvalue weighted by atomic mass is 9.84. The van der Waals surface area contributed by atoms with Gasteiger partial charge in [-0.25, -0.2) is 15.0 Å². The Labute approximate surface area is 192 Å². The van der Waals surface area contributed by atoms with Gasteiger partial charge in [-0.15, -0.1) is 0 Å². The number of carbonyl (C=O) groups is 1. The Balaban J connectivity index is 1.49. The van der Waals surface area contributed by atoms with Crippen LogP contribution in [0.25, 0.3) is 16.8 Å². The Morgan fingerprint density at radius 3 is 2.52 bits per heavy atom. The van der Waals surface area contributed by atoms with Gasteiger partial charge < -0.3 is 4.74 Å². The van der Waals surface area contributed by atoms with Crippen LogP contribution in [0.5, 0.6) is 5.75 Å². The molecule has 0 spiro atoms. The molecule has 1 aliphatic rings. The SMILES string of the molecule is O=C(NO)c1cnn2c(C3CCCCC3)c(-c3ccc(OCc4ccccc4)cc3)cnc12. The van der Waals surface area contributed by atoms with Gasteiger partial charge >= 0.3 is 0 Å². The van der Waals surface area contributed by atoms with Gasteiger partial charge in [0.1, 0.15) is 17.9 Å². The molecule has 0 bridgehead atoms. The van der Waals surface area contributed by atoms with Crippen molar-refractivity contribution in [1.82, 2.24) is 20.1 Å². The quantitative estimate of drug-likeness (QED) is 0.319. The molecule has 7 heteroatoms. The highest BCUT2D eigenvalue weighted by Crippen LogP contribution is 2.38. The summed E-state index contributed by atoms with van der Waals surface area (Å²) in [4.78, 5) is 16.6. The molecule has 5 rings (SSSR count). The number of amides is 1. The summed E-state index contributed by atoms with van der Waals surface area (Å²) in [6.45, 7) is 0.518. The van der Waals surface area contributed by atoms with Crippen LogP contribution in [0.15, 0.2) is 67.0 Å². The van der Waals surface area contributed by atoms with Crippen LogP contribution in [0.1, 0.15) is 59.6 Å². The molecule has 1 aliphatic carbocycles. The molecule has 0 radical (unpaired) electrons. The smallest absolute Gasteiger partial charge is 0.280 e. The molecule has 2 aromatic heterocycles. The molecule has 7 nitrogen and oxygen atoms in total. The van der Waals surface area contributed by atoms with Crippen LogP contribution in [-0.4, -0.2) is 25.7 Å². The predicted octanol–water partition coefficient (Wildman–Crippen LogP) is 5.14. The third kappa shape index (κ3) is 4.32. The summed E-state index contributed by atoms with van der Waals surface area (Å²) in [6, 6.07) is 18.1. The zero-order chi connectivity index (χ0) is 22.6. The highest BCUT2D eigenvalue weighted by atomic mass is 16.5. The molecule has 2 aromatic carbocycles. The second kappa shape index (κ2) is 9.42. The Hall–Kier alpha value is -3.71. The minimum atomic E-state index is -0.611. The standard InChI is InChI=1S/C26H26N4O3/c31-26(29-32)23-16-28-30-24(20-9-5-2-6-10-20)22(15-27-25(23)30)19-11-13-21(14-12-19)33-17-18-7-3-1-4-8-18/h1,3-4,7-8,11-16,20,32H,2,5-6,9-10,17H2,(H,29,31). The van der Waals surface area contributed by atoms with Gasteiger partial charge in [0, 0.05) is 17.7 Å². The van der Waals surface area contributed by atoms with Crippen LogP contribution in [0, 0.1) is 0 Å². The fraction of sp³-hybridized carbons (Fsp3) is 0.269. The summed E-state index contributed by atoms with van der Waals surface area (Å²) in [6.07, 6.45) is 9.01. The number of aromatic nitrogens is 3. The molecule has 168 valence electrons. The lowest BCUT2D eigenvalue weighted by Gasteiger charge is -2.25. The topological polar surface area (TPSA) is 88.8 Å². The summed E-state index contributed by atoms with van der Waals surface area (Å²) in [5.41, 5.74) is 6.61. The van der Waals surface area contributed by atoms with E-state index in [2.05, 4.69) is 10.1 Å². The second-order valence-corrected chi connectivity index (χ2v) is 8.43. The Morgan fingerprint density at radius 2 is 1.79 bits per heavy atom. The molecule has 4 aromatic rings. The Bertz CT molecular complexity index is 1250. The van der Waals surface area contributed by atoms with E-state index in [9.17, 15) is 4.79 Å². The fourth-order valence-electron chi connectivity index (χ4n) is 4.63. The highest BCUT2D eigenvalue weighted by Gasteiger charge is 2.25. The lowest BCUT2D eigenvalue weighted by molar-refractivity contribution is 0.0708. The number of hydroxylamine groups is 1. The number of rotatable bonds is 6. The Morgan fingerprint density at radius 1 is 1.03 bits per heavy atom. The van der Waals surface area contributed by atoms with E-state index < -0.39 is 5.91 Å². The molecule has 33 heavy (non-hydrogen) atoms. The first-order valence-electron chi connectivity index (χ1n) is 11.3. The van der Waals surface area contributed by atoms with Crippen molar-refractivity contribution in [3.63, 3.8) is 0 Å². The van der Waals surface area contributed by atoms with Crippen LogP contribution in [-0.2, 0) is 6.61 Å². The molecular formula is C26H26N4O3. The van der Waals surface area contributed by atoms with Gasteiger partial charge in [0.05, 0.1) is 11.9 Å². The van der Waals surface area contributed by atoms with E-state index in [4.69, 9.17) is 9.94 Å². The van der Waals surface area contributed by atoms with Crippen molar-refractivity contribution >= 4 is 11.6 Å². The average molecular weight is 443 g/mol. The molecule has 0 saturated heterocycles. The van der Waals surface area contributed by atoms with E-state index in [1.807, 2.05) is 60.8 Å². The first kappa shape index (κ1) is 21.2. The number of ether oxygens (including phenoxy) is 1. The van der Waals surface area contributed by atoms with E-state index in [1.54, 1.807) is 10.00 Å². The maximum absolute atomic E-state index is 12.1. The molecular weight excluding hydrogens is 416 g/mol. The third-order valence-electron chi connectivity index (χ3n) is 6.32. The van der Waals surface area contributed by atoms with Crippen molar-refractivity contribution < 1.29 is 14.7 Å². The van der Waals surface area contributed by atoms with E-state index >= 15 is 0 Å². The van der Waals surface area contributed by atoms with Gasteiger partial charge in [0.2, 0.25) is 0 Å². The van der Waals surface area contributed by atoms with Gasteiger partial charge in [-0.1, -0.05) is 61.7 Å². The van der Waals surface area contributed by atoms with E-state index in [0.29, 0.717) is 18.2 Å². The molecule has 1 fully saturated rings. The first-order chi connectivity index (χ1) is 16.2. The molecule has 0 unspecified atom stereocenters. The lowest BCUT2D eigenvalue weighted by Crippen LogP contribution is -2.19. The van der Waals surface area contributed by atoms with Crippen molar-refractivity contribution in [2.45, 2.75) is 44.6 Å². The second-order valence-electron chi connectivity index (χ2n) is 8.43. The number of benzene rings is 2. The monoisotopic (exact) mass is 442 g/mol. The summed E-state index contributed by atoms with van der Waals surface area (Å²) < 4.78 is 7.71. The summed E-state index contributed by atoms with van der Waals surface area (Å²) in [5, 5.41) is 13.6. The van der Waals surface area contributed by atoms with Gasteiger partial charge in [0.25, 0.3) is 5.91 Å². The van der Waals surface area contributed by atoms with Gasteiger partial charge in [-0.2, -0.15) is 5.10 Å². The minimum absolute atomic E-state index is 0.255. The van der Waals surface area contributed by atoms with Crippen molar-refractivity contribution in [2.75, 3.05) is 0 Å². The molecule has 1 amide bonds. The molecule has 0 atom stereocenters. The maximum atomic E-state index is 12.1. The number of hydrogen-bond donors (Lipinski definition) is 2. The average Bonchev–Trinajstić information content (AvgIpc) is 3.32. The van der Waals surface area contributed by atoms with Crippen molar-refractivity contribution in [3.8, 4) is 16.9 Å². The number of nitrogens with zero attached hydrogens (tertiary/aromatic N) is 3. The highest BCUT2D eigenvalue weighted by molar-refractivity contribution is 5.99. The van der Waals surface area contributed by atoms with Crippen LogP contribution in [0.2, 0.25) is 0 Å². The summed E-state index contributed by atoms with van der Waals surface area (Å²) >= 11 is 0. The molecule has 2 heterocycles. The van der Waals surface area contributed by atoms with Crippen molar-refractivity contribution in [2.24, 2.45) is 0 Å². The van der Waals surface area contributed by atoms with Crippen molar-refractivity contribution in [3.05, 3.63) is 83.8 Å². The van der Waals surface area contributed by atoms with Crippen LogP contribution in [0.3, 0.4) is 0 Å². The largest absolute Gasteiger partial charge is 0.489 e.